The Morgan fingerprint density at radius 2 is 1.71 bits per heavy atom. The van der Waals surface area contributed by atoms with Gasteiger partial charge in [-0.15, -0.1) is 11.3 Å². The van der Waals surface area contributed by atoms with Gasteiger partial charge in [-0.1, -0.05) is 12.1 Å². The highest BCUT2D eigenvalue weighted by Gasteiger charge is 2.26. The molecule has 9 heteroatoms. The minimum Gasteiger partial charge on any atom is -0.494 e. The number of thiophene rings is 1. The molecule has 1 heterocycles. The van der Waals surface area contributed by atoms with Crippen molar-refractivity contribution >= 4 is 34.2 Å². The van der Waals surface area contributed by atoms with Gasteiger partial charge in [0.2, 0.25) is 5.91 Å². The number of amides is 1. The molecule has 0 radical (unpaired) electrons. The first kappa shape index (κ1) is 24.4. The standard InChI is InChI=1S/C22H28N2O6S/c1-6-30-16-9-7-15(8-10-16)13-24(3)12-11-17(25)23-20-18(21(26)28-4)14(2)19(31-20)22(27)29-5/h7-10H,6,11-13H2,1-5H3,(H,23,25). The first-order chi connectivity index (χ1) is 14.8. The number of hydrogen-bond acceptors (Lipinski definition) is 8. The van der Waals surface area contributed by atoms with Crippen molar-refractivity contribution in [1.82, 2.24) is 4.90 Å². The number of carbonyl (C=O) groups excluding carboxylic acids is 3. The molecule has 0 aliphatic rings. The molecule has 0 bridgehead atoms. The van der Waals surface area contributed by atoms with E-state index >= 15 is 0 Å². The molecule has 0 spiro atoms. The van der Waals surface area contributed by atoms with Gasteiger partial charge in [0, 0.05) is 19.5 Å². The van der Waals surface area contributed by atoms with E-state index in [-0.39, 0.29) is 27.8 Å². The SMILES string of the molecule is CCOc1ccc(CN(C)CCC(=O)Nc2sc(C(=O)OC)c(C)c2C(=O)OC)cc1. The summed E-state index contributed by atoms with van der Waals surface area (Å²) in [5, 5.41) is 3.02. The molecule has 1 aromatic carbocycles. The Bertz CT molecular complexity index is 923. The molecule has 0 fully saturated rings. The molecular weight excluding hydrogens is 420 g/mol. The largest absolute Gasteiger partial charge is 0.494 e. The summed E-state index contributed by atoms with van der Waals surface area (Å²) in [6, 6.07) is 7.83. The van der Waals surface area contributed by atoms with Gasteiger partial charge in [-0.05, 0) is 44.2 Å². The van der Waals surface area contributed by atoms with Gasteiger partial charge in [-0.2, -0.15) is 0 Å². The molecule has 0 atom stereocenters. The third-order valence-corrected chi connectivity index (χ3v) is 5.75. The summed E-state index contributed by atoms with van der Waals surface area (Å²) >= 11 is 1.00. The molecule has 31 heavy (non-hydrogen) atoms. The number of nitrogens with one attached hydrogen (secondary N) is 1. The van der Waals surface area contributed by atoms with Crippen molar-refractivity contribution in [3.05, 3.63) is 45.8 Å². The maximum atomic E-state index is 12.5. The molecule has 1 aromatic heterocycles. The summed E-state index contributed by atoms with van der Waals surface area (Å²) < 4.78 is 15.0. The van der Waals surface area contributed by atoms with Crippen LogP contribution in [0.4, 0.5) is 5.00 Å². The fourth-order valence-corrected chi connectivity index (χ4v) is 4.10. The topological polar surface area (TPSA) is 94.2 Å². The first-order valence-corrected chi connectivity index (χ1v) is 10.6. The smallest absolute Gasteiger partial charge is 0.348 e. The molecule has 1 N–H and O–H groups in total. The number of esters is 2. The molecule has 2 aromatic rings. The maximum absolute atomic E-state index is 12.5. The summed E-state index contributed by atoms with van der Waals surface area (Å²) in [7, 11) is 4.44. The normalized spacial score (nSPS) is 10.6. The highest BCUT2D eigenvalue weighted by atomic mass is 32.1. The minimum atomic E-state index is -0.619. The van der Waals surface area contributed by atoms with Crippen LogP contribution in [0, 0.1) is 6.92 Å². The van der Waals surface area contributed by atoms with Gasteiger partial charge in [-0.3, -0.25) is 4.79 Å². The minimum absolute atomic E-state index is 0.170. The fraction of sp³-hybridized carbons (Fsp3) is 0.409. The lowest BCUT2D eigenvalue weighted by Gasteiger charge is -2.16. The molecular formula is C22H28N2O6S. The predicted molar refractivity (Wildman–Crippen MR) is 119 cm³/mol. The van der Waals surface area contributed by atoms with Gasteiger partial charge < -0.3 is 24.4 Å². The predicted octanol–water partition coefficient (Wildman–Crippen LogP) is 3.49. The van der Waals surface area contributed by atoms with E-state index in [0.717, 1.165) is 22.6 Å². The number of rotatable bonds is 10. The van der Waals surface area contributed by atoms with Gasteiger partial charge in [0.1, 0.15) is 15.6 Å². The zero-order chi connectivity index (χ0) is 23.0. The lowest BCUT2D eigenvalue weighted by molar-refractivity contribution is -0.116. The average Bonchev–Trinajstić information content (AvgIpc) is 3.08. The van der Waals surface area contributed by atoms with Crippen LogP contribution in [0.25, 0.3) is 0 Å². The van der Waals surface area contributed by atoms with E-state index in [9.17, 15) is 14.4 Å². The van der Waals surface area contributed by atoms with E-state index in [1.807, 2.05) is 43.1 Å². The Balaban J connectivity index is 1.98. The monoisotopic (exact) mass is 448 g/mol. The van der Waals surface area contributed by atoms with Gasteiger partial charge in [0.15, 0.2) is 0 Å². The van der Waals surface area contributed by atoms with Crippen LogP contribution >= 0.6 is 11.3 Å². The Kier molecular flexibility index (Phi) is 9.02. The van der Waals surface area contributed by atoms with Crippen LogP contribution in [0.15, 0.2) is 24.3 Å². The number of ether oxygens (including phenoxy) is 3. The Morgan fingerprint density at radius 3 is 2.29 bits per heavy atom. The third-order valence-electron chi connectivity index (χ3n) is 4.57. The maximum Gasteiger partial charge on any atom is 0.348 e. The van der Waals surface area contributed by atoms with E-state index in [2.05, 4.69) is 5.32 Å². The van der Waals surface area contributed by atoms with Crippen molar-refractivity contribution in [1.29, 1.82) is 0 Å². The quantitative estimate of drug-likeness (QED) is 0.556. The van der Waals surface area contributed by atoms with E-state index < -0.39 is 11.9 Å². The molecule has 0 aliphatic carbocycles. The van der Waals surface area contributed by atoms with Crippen molar-refractivity contribution in [3.63, 3.8) is 0 Å². The van der Waals surface area contributed by atoms with Crippen molar-refractivity contribution in [2.75, 3.05) is 39.7 Å². The van der Waals surface area contributed by atoms with Gasteiger partial charge in [-0.25, -0.2) is 9.59 Å². The van der Waals surface area contributed by atoms with E-state index in [1.165, 1.54) is 14.2 Å². The molecule has 8 nitrogen and oxygen atoms in total. The van der Waals surface area contributed by atoms with E-state index in [1.54, 1.807) is 6.92 Å². The Morgan fingerprint density at radius 1 is 1.06 bits per heavy atom. The highest BCUT2D eigenvalue weighted by Crippen LogP contribution is 2.34. The number of hydrogen-bond donors (Lipinski definition) is 1. The lowest BCUT2D eigenvalue weighted by atomic mass is 10.1. The molecule has 0 aliphatic heterocycles. The van der Waals surface area contributed by atoms with Crippen LogP contribution in [0.5, 0.6) is 5.75 Å². The summed E-state index contributed by atoms with van der Waals surface area (Å²) in [5.74, 6) is -0.622. The zero-order valence-electron chi connectivity index (χ0n) is 18.4. The lowest BCUT2D eigenvalue weighted by Crippen LogP contribution is -2.24. The molecule has 0 saturated heterocycles. The highest BCUT2D eigenvalue weighted by molar-refractivity contribution is 7.18. The number of anilines is 1. The summed E-state index contributed by atoms with van der Waals surface area (Å²) in [4.78, 5) is 38.9. The average molecular weight is 449 g/mol. The third kappa shape index (κ3) is 6.53. The summed E-state index contributed by atoms with van der Waals surface area (Å²) in [6.45, 7) is 5.37. The van der Waals surface area contributed by atoms with Crippen LogP contribution in [-0.4, -0.2) is 57.2 Å². The number of methoxy groups -OCH3 is 2. The molecule has 1 amide bonds. The Labute approximate surface area is 186 Å². The van der Waals surface area contributed by atoms with E-state index in [4.69, 9.17) is 14.2 Å². The van der Waals surface area contributed by atoms with Crippen LogP contribution in [0.3, 0.4) is 0 Å². The molecule has 0 saturated carbocycles. The fourth-order valence-electron chi connectivity index (χ4n) is 2.97. The summed E-state index contributed by atoms with van der Waals surface area (Å²) in [5.41, 5.74) is 1.70. The molecule has 2 rings (SSSR count). The second-order valence-corrected chi connectivity index (χ2v) is 7.88. The van der Waals surface area contributed by atoms with Crippen LogP contribution < -0.4 is 10.1 Å². The first-order valence-electron chi connectivity index (χ1n) is 9.80. The van der Waals surface area contributed by atoms with Gasteiger partial charge >= 0.3 is 11.9 Å². The van der Waals surface area contributed by atoms with Crippen LogP contribution in [-0.2, 0) is 20.8 Å². The molecule has 0 unspecified atom stereocenters. The summed E-state index contributed by atoms with van der Waals surface area (Å²) in [6.07, 6.45) is 0.221. The van der Waals surface area contributed by atoms with Crippen molar-refractivity contribution in [3.8, 4) is 5.75 Å². The van der Waals surface area contributed by atoms with E-state index in [0.29, 0.717) is 25.3 Å². The number of nitrogens with zero attached hydrogens (tertiary/aromatic N) is 1. The second-order valence-electron chi connectivity index (χ2n) is 6.86. The number of benzene rings is 1. The van der Waals surface area contributed by atoms with Crippen molar-refractivity contribution in [2.24, 2.45) is 0 Å². The zero-order valence-corrected chi connectivity index (χ0v) is 19.3. The number of carbonyl (C=O) groups is 3. The second kappa shape index (κ2) is 11.5. The van der Waals surface area contributed by atoms with Crippen molar-refractivity contribution in [2.45, 2.75) is 26.8 Å². The molecule has 168 valence electrons. The van der Waals surface area contributed by atoms with Crippen molar-refractivity contribution < 1.29 is 28.6 Å². The van der Waals surface area contributed by atoms with Gasteiger partial charge in [0.05, 0.1) is 26.4 Å². The Hall–Kier alpha value is -2.91. The van der Waals surface area contributed by atoms with Crippen LogP contribution in [0.2, 0.25) is 0 Å². The van der Waals surface area contributed by atoms with Gasteiger partial charge in [0.25, 0.3) is 0 Å². The van der Waals surface area contributed by atoms with Crippen LogP contribution in [0.1, 0.15) is 44.5 Å².